The summed E-state index contributed by atoms with van der Waals surface area (Å²) in [6.07, 6.45) is 3.70. The van der Waals surface area contributed by atoms with Crippen molar-refractivity contribution in [2.75, 3.05) is 0 Å². The second kappa shape index (κ2) is 5.32. The molecule has 0 aliphatic carbocycles. The number of halogens is 1. The molecule has 1 aromatic heterocycles. The predicted molar refractivity (Wildman–Crippen MR) is 70.3 cm³/mol. The molecule has 0 saturated heterocycles. The molecule has 2 aromatic rings. The largest absolute Gasteiger partial charge is 0.392 e. The molecule has 6 heteroatoms. The van der Waals surface area contributed by atoms with Crippen LogP contribution in [-0.4, -0.2) is 14.6 Å². The summed E-state index contributed by atoms with van der Waals surface area (Å²) in [5.41, 5.74) is 1.85. The van der Waals surface area contributed by atoms with Crippen LogP contribution in [0.4, 0.5) is 5.69 Å². The van der Waals surface area contributed by atoms with Crippen molar-refractivity contribution in [2.45, 2.75) is 13.2 Å². The van der Waals surface area contributed by atoms with Crippen molar-refractivity contribution >= 4 is 21.6 Å². The third-order valence-corrected chi connectivity index (χ3v) is 3.33. The van der Waals surface area contributed by atoms with Gasteiger partial charge in [0.15, 0.2) is 0 Å². The van der Waals surface area contributed by atoms with E-state index in [9.17, 15) is 10.1 Å². The van der Waals surface area contributed by atoms with Crippen LogP contribution in [-0.2, 0) is 13.2 Å². The van der Waals surface area contributed by atoms with Gasteiger partial charge in [0, 0.05) is 35.5 Å². The first-order valence-corrected chi connectivity index (χ1v) is 6.08. The minimum atomic E-state index is -0.423. The van der Waals surface area contributed by atoms with Crippen LogP contribution in [0.5, 0.6) is 0 Å². The first kappa shape index (κ1) is 12.8. The summed E-state index contributed by atoms with van der Waals surface area (Å²) in [7, 11) is 0. The smallest absolute Gasteiger partial charge is 0.270 e. The van der Waals surface area contributed by atoms with Crippen LogP contribution in [0, 0.1) is 10.1 Å². The monoisotopic (exact) mass is 310 g/mol. The summed E-state index contributed by atoms with van der Waals surface area (Å²) in [6.45, 7) is 0.604. The maximum Gasteiger partial charge on any atom is 0.270 e. The Morgan fingerprint density at radius 3 is 2.72 bits per heavy atom. The lowest BCUT2D eigenvalue weighted by atomic mass is 10.2. The Morgan fingerprint density at radius 1 is 1.39 bits per heavy atom. The number of benzene rings is 1. The van der Waals surface area contributed by atoms with Gasteiger partial charge >= 0.3 is 0 Å². The van der Waals surface area contributed by atoms with E-state index >= 15 is 0 Å². The minimum Gasteiger partial charge on any atom is -0.392 e. The van der Waals surface area contributed by atoms with Crippen LogP contribution >= 0.6 is 15.9 Å². The first-order chi connectivity index (χ1) is 8.60. The van der Waals surface area contributed by atoms with Crippen molar-refractivity contribution in [1.82, 2.24) is 4.57 Å². The normalized spacial score (nSPS) is 10.6. The third kappa shape index (κ3) is 2.77. The van der Waals surface area contributed by atoms with Crippen molar-refractivity contribution in [3.8, 4) is 0 Å². The molecule has 18 heavy (non-hydrogen) atoms. The molecule has 0 radical (unpaired) electrons. The van der Waals surface area contributed by atoms with Gasteiger partial charge in [0.2, 0.25) is 0 Å². The van der Waals surface area contributed by atoms with Gasteiger partial charge in [-0.2, -0.15) is 0 Å². The van der Waals surface area contributed by atoms with Crippen molar-refractivity contribution in [3.05, 3.63) is 62.4 Å². The Kier molecular flexibility index (Phi) is 3.78. The van der Waals surface area contributed by atoms with Crippen molar-refractivity contribution < 1.29 is 10.0 Å². The molecule has 5 nitrogen and oxygen atoms in total. The molecule has 1 N–H and O–H groups in total. The van der Waals surface area contributed by atoms with Crippen LogP contribution in [0.15, 0.2) is 41.1 Å². The van der Waals surface area contributed by atoms with E-state index in [1.807, 2.05) is 23.0 Å². The zero-order chi connectivity index (χ0) is 13.1. The average Bonchev–Trinajstić information content (AvgIpc) is 2.79. The zero-order valence-corrected chi connectivity index (χ0v) is 11.0. The average molecular weight is 311 g/mol. The molecule has 0 atom stereocenters. The molecule has 2 rings (SSSR count). The number of hydrogen-bond acceptors (Lipinski definition) is 3. The van der Waals surface area contributed by atoms with Gasteiger partial charge in [-0.3, -0.25) is 10.1 Å². The van der Waals surface area contributed by atoms with Gasteiger partial charge in [-0.25, -0.2) is 0 Å². The van der Waals surface area contributed by atoms with Gasteiger partial charge < -0.3 is 9.67 Å². The van der Waals surface area contributed by atoms with E-state index in [1.54, 1.807) is 6.07 Å². The highest BCUT2D eigenvalue weighted by Gasteiger charge is 2.09. The van der Waals surface area contributed by atoms with E-state index < -0.39 is 4.92 Å². The molecule has 1 heterocycles. The number of nitro groups is 1. The zero-order valence-electron chi connectivity index (χ0n) is 9.41. The number of nitro benzene ring substituents is 1. The fraction of sp³-hybridized carbons (Fsp3) is 0.167. The van der Waals surface area contributed by atoms with Crippen LogP contribution in [0.25, 0.3) is 0 Å². The molecule has 0 aliphatic rings. The molecule has 0 amide bonds. The van der Waals surface area contributed by atoms with E-state index in [0.717, 1.165) is 11.1 Å². The van der Waals surface area contributed by atoms with Gasteiger partial charge in [-0.1, -0.05) is 15.9 Å². The van der Waals surface area contributed by atoms with Crippen molar-refractivity contribution in [2.24, 2.45) is 0 Å². The SMILES string of the molecule is O=[N+]([O-])c1ccc(Cn2ccc(CO)c2)c(Br)c1. The highest BCUT2D eigenvalue weighted by atomic mass is 79.9. The van der Waals surface area contributed by atoms with Gasteiger partial charge in [-0.05, 0) is 23.3 Å². The Balaban J connectivity index is 2.21. The summed E-state index contributed by atoms with van der Waals surface area (Å²) in [5.74, 6) is 0. The summed E-state index contributed by atoms with van der Waals surface area (Å²) < 4.78 is 2.62. The fourth-order valence-electron chi connectivity index (χ4n) is 1.66. The number of nitrogens with zero attached hydrogens (tertiary/aromatic N) is 2. The maximum absolute atomic E-state index is 10.6. The summed E-state index contributed by atoms with van der Waals surface area (Å²) in [4.78, 5) is 10.2. The molecule has 0 aliphatic heterocycles. The molecular formula is C12H11BrN2O3. The molecule has 94 valence electrons. The number of hydrogen-bond donors (Lipinski definition) is 1. The Hall–Kier alpha value is -1.66. The number of aliphatic hydroxyl groups is 1. The van der Waals surface area contributed by atoms with Crippen molar-refractivity contribution in [1.29, 1.82) is 0 Å². The van der Waals surface area contributed by atoms with E-state index in [4.69, 9.17) is 5.11 Å². The van der Waals surface area contributed by atoms with Crippen molar-refractivity contribution in [3.63, 3.8) is 0 Å². The molecule has 0 saturated carbocycles. The second-order valence-corrected chi connectivity index (χ2v) is 4.74. The van der Waals surface area contributed by atoms with E-state index in [0.29, 0.717) is 11.0 Å². The second-order valence-electron chi connectivity index (χ2n) is 3.88. The molecular weight excluding hydrogens is 300 g/mol. The molecule has 0 fully saturated rings. The van der Waals surface area contributed by atoms with E-state index in [2.05, 4.69) is 15.9 Å². The van der Waals surface area contributed by atoms with Gasteiger partial charge in [0.25, 0.3) is 5.69 Å². The van der Waals surface area contributed by atoms with Crippen LogP contribution in [0.1, 0.15) is 11.1 Å². The number of aliphatic hydroxyl groups excluding tert-OH is 1. The van der Waals surface area contributed by atoms with Crippen LogP contribution in [0.3, 0.4) is 0 Å². The van der Waals surface area contributed by atoms with Crippen LogP contribution in [0.2, 0.25) is 0 Å². The van der Waals surface area contributed by atoms with Crippen LogP contribution < -0.4 is 0 Å². The Labute approximate surface area is 112 Å². The summed E-state index contributed by atoms with van der Waals surface area (Å²) in [6, 6.07) is 6.53. The number of aromatic nitrogens is 1. The van der Waals surface area contributed by atoms with E-state index in [-0.39, 0.29) is 12.3 Å². The van der Waals surface area contributed by atoms with Gasteiger partial charge in [0.05, 0.1) is 11.5 Å². The number of rotatable bonds is 4. The Bertz CT molecular complexity index is 580. The molecule has 0 spiro atoms. The topological polar surface area (TPSA) is 68.3 Å². The Morgan fingerprint density at radius 2 is 2.17 bits per heavy atom. The molecule has 1 aromatic carbocycles. The van der Waals surface area contributed by atoms with E-state index in [1.165, 1.54) is 12.1 Å². The molecule has 0 bridgehead atoms. The summed E-state index contributed by atoms with van der Waals surface area (Å²) in [5, 5.41) is 19.6. The van der Waals surface area contributed by atoms with Gasteiger partial charge in [0.1, 0.15) is 0 Å². The standard InChI is InChI=1S/C12H11BrN2O3/c13-12-5-11(15(17)18)2-1-10(12)7-14-4-3-9(6-14)8-16/h1-6,16H,7-8H2. The lowest BCUT2D eigenvalue weighted by Crippen LogP contribution is -1.98. The highest BCUT2D eigenvalue weighted by molar-refractivity contribution is 9.10. The first-order valence-electron chi connectivity index (χ1n) is 5.28. The number of non-ortho nitro benzene ring substituents is 1. The summed E-state index contributed by atoms with van der Waals surface area (Å²) >= 11 is 3.33. The molecule has 0 unspecified atom stereocenters. The maximum atomic E-state index is 10.6. The lowest BCUT2D eigenvalue weighted by Gasteiger charge is -2.05. The predicted octanol–water partition coefficient (Wildman–Crippen LogP) is 2.70. The lowest BCUT2D eigenvalue weighted by molar-refractivity contribution is -0.384. The quantitative estimate of drug-likeness (QED) is 0.697. The van der Waals surface area contributed by atoms with Gasteiger partial charge in [-0.15, -0.1) is 0 Å². The highest BCUT2D eigenvalue weighted by Crippen LogP contribution is 2.23. The fourth-order valence-corrected chi connectivity index (χ4v) is 2.15. The minimum absolute atomic E-state index is 0.00836. The third-order valence-electron chi connectivity index (χ3n) is 2.59.